The van der Waals surface area contributed by atoms with Crippen LogP contribution in [0.3, 0.4) is 0 Å². The van der Waals surface area contributed by atoms with E-state index in [9.17, 15) is 9.70 Å². The average molecular weight is 493 g/mol. The Labute approximate surface area is 215 Å². The molecule has 2 aromatic carbocycles. The summed E-state index contributed by atoms with van der Waals surface area (Å²) < 4.78 is 12.0. The molecule has 3 rings (SSSR count). The molecule has 36 heavy (non-hydrogen) atoms. The molecule has 0 saturated carbocycles. The van der Waals surface area contributed by atoms with Gasteiger partial charge in [-0.2, -0.15) is 0 Å². The van der Waals surface area contributed by atoms with Gasteiger partial charge in [-0.3, -0.25) is 4.79 Å². The van der Waals surface area contributed by atoms with Crippen LogP contribution in [0.15, 0.2) is 52.1 Å². The number of hydrogen-bond acceptors (Lipinski definition) is 6. The molecule has 3 aromatic rings. The number of nitrogens with zero attached hydrogens (tertiary/aromatic N) is 2. The summed E-state index contributed by atoms with van der Waals surface area (Å²) in [5.41, 5.74) is 1.98. The summed E-state index contributed by atoms with van der Waals surface area (Å²) in [5.74, 6) is 1.31. The van der Waals surface area contributed by atoms with Crippen molar-refractivity contribution < 1.29 is 13.9 Å². The van der Waals surface area contributed by atoms with E-state index in [0.29, 0.717) is 40.9 Å². The normalized spacial score (nSPS) is 11.3. The first kappa shape index (κ1) is 27.6. The van der Waals surface area contributed by atoms with Gasteiger partial charge in [-0.1, -0.05) is 40.0 Å². The standard InChI is InChI=1S/C30H40N2O4/c1-4-7-11-28-29(26-22-24(31-34)14-17-27(26)36-28)30(33)23-12-15-25(16-13-23)35-21-10-20-32(18-8-5-2)19-9-6-3/h12-17,22H,4-11,18-21H2,1-3H3. The number of carbonyl (C=O) groups excluding carboxylic acids is 1. The predicted molar refractivity (Wildman–Crippen MR) is 147 cm³/mol. The van der Waals surface area contributed by atoms with Gasteiger partial charge >= 0.3 is 0 Å². The number of nitroso groups, excluding NO2 is 1. The Morgan fingerprint density at radius 3 is 2.19 bits per heavy atom. The topological polar surface area (TPSA) is 72.1 Å². The number of aryl methyl sites for hydroxylation is 1. The number of furan rings is 1. The number of benzene rings is 2. The molecule has 194 valence electrons. The lowest BCUT2D eigenvalue weighted by molar-refractivity contribution is 0.103. The maximum atomic E-state index is 13.5. The van der Waals surface area contributed by atoms with Gasteiger partial charge in [0.25, 0.3) is 0 Å². The first-order valence-corrected chi connectivity index (χ1v) is 13.5. The third-order valence-electron chi connectivity index (χ3n) is 6.49. The Hall–Kier alpha value is -2.99. The SMILES string of the molecule is CCCCc1oc2ccc(N=O)cc2c1C(=O)c1ccc(OCCCN(CCCC)CCCC)cc1. The summed E-state index contributed by atoms with van der Waals surface area (Å²) >= 11 is 0. The molecule has 0 unspecified atom stereocenters. The first-order chi connectivity index (χ1) is 17.6. The van der Waals surface area contributed by atoms with Gasteiger partial charge in [0.05, 0.1) is 12.2 Å². The molecule has 1 aromatic heterocycles. The van der Waals surface area contributed by atoms with Gasteiger partial charge in [0.15, 0.2) is 5.78 Å². The quantitative estimate of drug-likeness (QED) is 0.108. The highest BCUT2D eigenvalue weighted by Crippen LogP contribution is 2.32. The Balaban J connectivity index is 1.66. The van der Waals surface area contributed by atoms with Gasteiger partial charge in [0.2, 0.25) is 0 Å². The van der Waals surface area contributed by atoms with E-state index in [1.807, 2.05) is 12.1 Å². The number of carbonyl (C=O) groups is 1. The third-order valence-corrected chi connectivity index (χ3v) is 6.49. The molecule has 0 saturated heterocycles. The van der Waals surface area contributed by atoms with Gasteiger partial charge in [-0.25, -0.2) is 0 Å². The van der Waals surface area contributed by atoms with Crippen LogP contribution in [-0.2, 0) is 6.42 Å². The number of fused-ring (bicyclic) bond motifs is 1. The van der Waals surface area contributed by atoms with Crippen LogP contribution in [0.1, 0.15) is 87.4 Å². The largest absolute Gasteiger partial charge is 0.494 e. The summed E-state index contributed by atoms with van der Waals surface area (Å²) in [6.45, 7) is 10.6. The Morgan fingerprint density at radius 1 is 0.889 bits per heavy atom. The maximum Gasteiger partial charge on any atom is 0.197 e. The van der Waals surface area contributed by atoms with Crippen molar-refractivity contribution in [3.63, 3.8) is 0 Å². The second kappa shape index (κ2) is 14.5. The van der Waals surface area contributed by atoms with Gasteiger partial charge in [0, 0.05) is 23.9 Å². The van der Waals surface area contributed by atoms with E-state index in [0.717, 1.165) is 44.6 Å². The van der Waals surface area contributed by atoms with Crippen molar-refractivity contribution in [3.05, 3.63) is 64.3 Å². The molecule has 0 aliphatic carbocycles. The van der Waals surface area contributed by atoms with Crippen molar-refractivity contribution in [2.75, 3.05) is 26.2 Å². The molecule has 0 spiro atoms. The number of rotatable bonds is 17. The molecule has 0 aliphatic heterocycles. The van der Waals surface area contributed by atoms with Crippen LogP contribution >= 0.6 is 0 Å². The maximum absolute atomic E-state index is 13.5. The van der Waals surface area contributed by atoms with Gasteiger partial charge in [-0.15, -0.1) is 4.91 Å². The van der Waals surface area contributed by atoms with E-state index in [2.05, 4.69) is 30.8 Å². The fourth-order valence-corrected chi connectivity index (χ4v) is 4.38. The van der Waals surface area contributed by atoms with E-state index in [4.69, 9.17) is 9.15 Å². The molecule has 6 heteroatoms. The van der Waals surface area contributed by atoms with Crippen molar-refractivity contribution in [2.45, 2.75) is 72.1 Å². The van der Waals surface area contributed by atoms with Crippen LogP contribution in [0.5, 0.6) is 5.75 Å². The van der Waals surface area contributed by atoms with Gasteiger partial charge in [-0.05, 0) is 86.4 Å². The van der Waals surface area contributed by atoms with Crippen LogP contribution in [0.25, 0.3) is 11.0 Å². The summed E-state index contributed by atoms with van der Waals surface area (Å²) in [6, 6.07) is 12.3. The van der Waals surface area contributed by atoms with Crippen molar-refractivity contribution in [2.24, 2.45) is 5.18 Å². The lowest BCUT2D eigenvalue weighted by Gasteiger charge is -2.21. The number of unbranched alkanes of at least 4 members (excludes halogenated alkanes) is 3. The molecule has 6 nitrogen and oxygen atoms in total. The highest BCUT2D eigenvalue weighted by Gasteiger charge is 2.22. The monoisotopic (exact) mass is 492 g/mol. The molecule has 0 N–H and O–H groups in total. The highest BCUT2D eigenvalue weighted by atomic mass is 16.5. The smallest absolute Gasteiger partial charge is 0.197 e. The van der Waals surface area contributed by atoms with Crippen LogP contribution < -0.4 is 4.74 Å². The minimum atomic E-state index is -0.114. The minimum Gasteiger partial charge on any atom is -0.494 e. The third kappa shape index (κ3) is 7.50. The molecular weight excluding hydrogens is 452 g/mol. The minimum absolute atomic E-state index is 0.114. The number of ether oxygens (including phenoxy) is 1. The van der Waals surface area contributed by atoms with Crippen LogP contribution in [0, 0.1) is 4.91 Å². The molecule has 0 atom stereocenters. The molecule has 1 heterocycles. The predicted octanol–water partition coefficient (Wildman–Crippen LogP) is 8.08. The van der Waals surface area contributed by atoms with E-state index in [-0.39, 0.29) is 11.5 Å². The Morgan fingerprint density at radius 2 is 1.56 bits per heavy atom. The second-order valence-electron chi connectivity index (χ2n) is 9.38. The lowest BCUT2D eigenvalue weighted by atomic mass is 9.98. The molecule has 0 aliphatic rings. The highest BCUT2D eigenvalue weighted by molar-refractivity contribution is 6.17. The lowest BCUT2D eigenvalue weighted by Crippen LogP contribution is -2.28. The van der Waals surface area contributed by atoms with E-state index in [1.54, 1.807) is 30.3 Å². The summed E-state index contributed by atoms with van der Waals surface area (Å²) in [5, 5.41) is 3.67. The van der Waals surface area contributed by atoms with Crippen molar-refractivity contribution in [3.8, 4) is 5.75 Å². The zero-order valence-electron chi connectivity index (χ0n) is 22.1. The second-order valence-corrected chi connectivity index (χ2v) is 9.38. The summed E-state index contributed by atoms with van der Waals surface area (Å²) in [6.07, 6.45) is 8.46. The Kier molecular flexibility index (Phi) is 11.1. The molecule has 0 fully saturated rings. The zero-order chi connectivity index (χ0) is 25.8. The van der Waals surface area contributed by atoms with Crippen molar-refractivity contribution in [1.29, 1.82) is 0 Å². The van der Waals surface area contributed by atoms with Crippen molar-refractivity contribution in [1.82, 2.24) is 4.90 Å². The number of ketones is 1. The molecular formula is C30H40N2O4. The Bertz CT molecular complexity index is 1100. The average Bonchev–Trinajstić information content (AvgIpc) is 3.28. The fraction of sp³-hybridized carbons (Fsp3) is 0.500. The van der Waals surface area contributed by atoms with E-state index in [1.165, 1.54) is 25.7 Å². The molecule has 0 radical (unpaired) electrons. The summed E-state index contributed by atoms with van der Waals surface area (Å²) in [7, 11) is 0. The van der Waals surface area contributed by atoms with E-state index < -0.39 is 0 Å². The first-order valence-electron chi connectivity index (χ1n) is 13.5. The van der Waals surface area contributed by atoms with Gasteiger partial charge in [0.1, 0.15) is 22.8 Å². The summed E-state index contributed by atoms with van der Waals surface area (Å²) in [4.78, 5) is 27.1. The van der Waals surface area contributed by atoms with Gasteiger partial charge < -0.3 is 14.1 Å². The van der Waals surface area contributed by atoms with Crippen LogP contribution in [0.2, 0.25) is 0 Å². The molecule has 0 amide bonds. The number of hydrogen-bond donors (Lipinski definition) is 0. The van der Waals surface area contributed by atoms with E-state index >= 15 is 0 Å². The van der Waals surface area contributed by atoms with Crippen molar-refractivity contribution >= 4 is 22.4 Å². The molecule has 0 bridgehead atoms. The van der Waals surface area contributed by atoms with Crippen LogP contribution in [-0.4, -0.2) is 36.9 Å². The zero-order valence-corrected chi connectivity index (χ0v) is 22.1. The van der Waals surface area contributed by atoms with Crippen LogP contribution in [0.4, 0.5) is 5.69 Å². The fourth-order valence-electron chi connectivity index (χ4n) is 4.38.